The lowest BCUT2D eigenvalue weighted by Crippen LogP contribution is -2.30. The SMILES string of the molecule is Cc1nc(-c2cc(C)n(CC(=O)NCCc3c[nH]c4ccccc34)c2C)cs1. The minimum atomic E-state index is 0.0302. The summed E-state index contributed by atoms with van der Waals surface area (Å²) < 4.78 is 2.06. The average Bonchev–Trinajstić information content (AvgIpc) is 3.36. The van der Waals surface area contributed by atoms with Crippen LogP contribution in [0.5, 0.6) is 0 Å². The molecule has 4 rings (SSSR count). The first-order valence-corrected chi connectivity index (χ1v) is 10.3. The molecule has 0 radical (unpaired) electrons. The Hall–Kier alpha value is -2.86. The van der Waals surface area contributed by atoms with Crippen LogP contribution in [0.3, 0.4) is 0 Å². The summed E-state index contributed by atoms with van der Waals surface area (Å²) in [4.78, 5) is 20.4. The molecule has 1 amide bonds. The molecule has 0 fully saturated rings. The lowest BCUT2D eigenvalue weighted by molar-refractivity contribution is -0.121. The van der Waals surface area contributed by atoms with Crippen molar-refractivity contribution in [3.8, 4) is 11.3 Å². The van der Waals surface area contributed by atoms with Crippen molar-refractivity contribution in [2.24, 2.45) is 0 Å². The largest absolute Gasteiger partial charge is 0.361 e. The van der Waals surface area contributed by atoms with Crippen LogP contribution in [-0.4, -0.2) is 27.0 Å². The molecule has 0 saturated carbocycles. The van der Waals surface area contributed by atoms with Gasteiger partial charge in [-0.3, -0.25) is 4.79 Å². The molecule has 6 heteroatoms. The maximum absolute atomic E-state index is 12.5. The molecule has 4 aromatic rings. The molecule has 0 spiro atoms. The minimum absolute atomic E-state index is 0.0302. The highest BCUT2D eigenvalue weighted by molar-refractivity contribution is 7.09. The van der Waals surface area contributed by atoms with Crippen molar-refractivity contribution in [1.29, 1.82) is 0 Å². The zero-order valence-electron chi connectivity index (χ0n) is 16.4. The fraction of sp³-hybridized carbons (Fsp3) is 0.273. The Morgan fingerprint density at radius 2 is 2.07 bits per heavy atom. The highest BCUT2D eigenvalue weighted by Crippen LogP contribution is 2.27. The molecule has 3 aromatic heterocycles. The molecular weight excluding hydrogens is 368 g/mol. The monoisotopic (exact) mass is 392 g/mol. The van der Waals surface area contributed by atoms with E-state index in [4.69, 9.17) is 0 Å². The van der Waals surface area contributed by atoms with Gasteiger partial charge in [0.1, 0.15) is 6.54 Å². The number of aromatic amines is 1. The van der Waals surface area contributed by atoms with Crippen molar-refractivity contribution in [2.75, 3.05) is 6.54 Å². The van der Waals surface area contributed by atoms with Crippen LogP contribution < -0.4 is 5.32 Å². The van der Waals surface area contributed by atoms with Gasteiger partial charge in [-0.25, -0.2) is 4.98 Å². The van der Waals surface area contributed by atoms with Gasteiger partial charge in [-0.2, -0.15) is 0 Å². The summed E-state index contributed by atoms with van der Waals surface area (Å²) in [6, 6.07) is 10.3. The summed E-state index contributed by atoms with van der Waals surface area (Å²) in [5.41, 5.74) is 6.60. The van der Waals surface area contributed by atoms with Gasteiger partial charge in [-0.15, -0.1) is 11.3 Å². The molecule has 0 aliphatic heterocycles. The van der Waals surface area contributed by atoms with Crippen LogP contribution in [0.15, 0.2) is 41.9 Å². The van der Waals surface area contributed by atoms with Crippen molar-refractivity contribution in [3.05, 3.63) is 63.9 Å². The van der Waals surface area contributed by atoms with Crippen LogP contribution in [0.2, 0.25) is 0 Å². The second-order valence-electron chi connectivity index (χ2n) is 7.08. The third-order valence-corrected chi connectivity index (χ3v) is 5.94. The number of aryl methyl sites for hydroxylation is 2. The number of carbonyl (C=O) groups is 1. The number of thiazole rings is 1. The predicted molar refractivity (Wildman–Crippen MR) is 115 cm³/mol. The molecule has 0 bridgehead atoms. The van der Waals surface area contributed by atoms with Gasteiger partial charge in [0, 0.05) is 46.0 Å². The standard InChI is InChI=1S/C22H24N4OS/c1-14-10-19(21-13-28-16(3)25-21)15(2)26(14)12-22(27)23-9-8-17-11-24-20-7-5-4-6-18(17)20/h4-7,10-11,13,24H,8-9,12H2,1-3H3,(H,23,27). The molecule has 3 heterocycles. The molecule has 28 heavy (non-hydrogen) atoms. The van der Waals surface area contributed by atoms with Crippen molar-refractivity contribution in [3.63, 3.8) is 0 Å². The van der Waals surface area contributed by atoms with E-state index in [1.54, 1.807) is 11.3 Å². The number of amides is 1. The number of nitrogens with zero attached hydrogens (tertiary/aromatic N) is 2. The quantitative estimate of drug-likeness (QED) is 0.512. The van der Waals surface area contributed by atoms with Gasteiger partial charge in [0.2, 0.25) is 5.91 Å². The lowest BCUT2D eigenvalue weighted by atomic mass is 10.1. The van der Waals surface area contributed by atoms with Crippen LogP contribution in [-0.2, 0) is 17.8 Å². The van der Waals surface area contributed by atoms with Crippen LogP contribution in [0.4, 0.5) is 0 Å². The average molecular weight is 393 g/mol. The first-order valence-electron chi connectivity index (χ1n) is 9.44. The second kappa shape index (κ2) is 7.64. The van der Waals surface area contributed by atoms with Gasteiger partial charge in [0.25, 0.3) is 0 Å². The lowest BCUT2D eigenvalue weighted by Gasteiger charge is -2.10. The van der Waals surface area contributed by atoms with Crippen LogP contribution in [0.1, 0.15) is 22.0 Å². The fourth-order valence-corrected chi connectivity index (χ4v) is 4.28. The number of fused-ring (bicyclic) bond motifs is 1. The summed E-state index contributed by atoms with van der Waals surface area (Å²) in [5.74, 6) is 0.0302. The topological polar surface area (TPSA) is 62.7 Å². The molecule has 5 nitrogen and oxygen atoms in total. The summed E-state index contributed by atoms with van der Waals surface area (Å²) in [6.07, 6.45) is 2.84. The first-order chi connectivity index (χ1) is 13.5. The van der Waals surface area contributed by atoms with Gasteiger partial charge in [-0.05, 0) is 44.9 Å². The van der Waals surface area contributed by atoms with Crippen LogP contribution in [0.25, 0.3) is 22.2 Å². The number of hydrogen-bond donors (Lipinski definition) is 2. The molecule has 1 aromatic carbocycles. The Balaban J connectivity index is 1.39. The van der Waals surface area contributed by atoms with Gasteiger partial charge < -0.3 is 14.9 Å². The van der Waals surface area contributed by atoms with Crippen molar-refractivity contribution in [1.82, 2.24) is 19.9 Å². The fourth-order valence-electron chi connectivity index (χ4n) is 3.67. The highest BCUT2D eigenvalue weighted by Gasteiger charge is 2.15. The molecular formula is C22H24N4OS. The Morgan fingerprint density at radius 3 is 2.86 bits per heavy atom. The first kappa shape index (κ1) is 18.5. The Morgan fingerprint density at radius 1 is 1.25 bits per heavy atom. The van der Waals surface area contributed by atoms with E-state index in [1.165, 1.54) is 10.9 Å². The van der Waals surface area contributed by atoms with E-state index in [1.807, 2.05) is 32.2 Å². The Kier molecular flexibility index (Phi) is 5.05. The third kappa shape index (κ3) is 3.60. The maximum atomic E-state index is 12.5. The molecule has 0 aliphatic carbocycles. The summed E-state index contributed by atoms with van der Waals surface area (Å²) in [7, 11) is 0. The van der Waals surface area contributed by atoms with Gasteiger partial charge in [-0.1, -0.05) is 18.2 Å². The Bertz CT molecular complexity index is 1130. The van der Waals surface area contributed by atoms with E-state index in [-0.39, 0.29) is 5.91 Å². The zero-order valence-corrected chi connectivity index (χ0v) is 17.2. The predicted octanol–water partition coefficient (Wildman–Crippen LogP) is 4.38. The van der Waals surface area contributed by atoms with E-state index >= 15 is 0 Å². The second-order valence-corrected chi connectivity index (χ2v) is 8.14. The number of rotatable bonds is 6. The van der Waals surface area contributed by atoms with E-state index < -0.39 is 0 Å². The van der Waals surface area contributed by atoms with Crippen molar-refractivity contribution < 1.29 is 4.79 Å². The number of carbonyl (C=O) groups excluding carboxylic acids is 1. The van der Waals surface area contributed by atoms with Gasteiger partial charge in [0.05, 0.1) is 10.7 Å². The normalized spacial score (nSPS) is 11.2. The van der Waals surface area contributed by atoms with E-state index in [2.05, 4.69) is 50.4 Å². The maximum Gasteiger partial charge on any atom is 0.239 e. The van der Waals surface area contributed by atoms with Gasteiger partial charge >= 0.3 is 0 Å². The zero-order chi connectivity index (χ0) is 19.7. The number of aromatic nitrogens is 3. The minimum Gasteiger partial charge on any atom is -0.361 e. The summed E-state index contributed by atoms with van der Waals surface area (Å²) in [5, 5.41) is 7.40. The van der Waals surface area contributed by atoms with E-state index in [0.29, 0.717) is 13.1 Å². The Labute approximate surface area is 168 Å². The van der Waals surface area contributed by atoms with E-state index in [9.17, 15) is 4.79 Å². The number of hydrogen-bond acceptors (Lipinski definition) is 3. The molecule has 2 N–H and O–H groups in total. The van der Waals surface area contributed by atoms with Gasteiger partial charge in [0.15, 0.2) is 0 Å². The molecule has 0 atom stereocenters. The summed E-state index contributed by atoms with van der Waals surface area (Å²) in [6.45, 7) is 7.05. The molecule has 0 saturated heterocycles. The number of benzene rings is 1. The highest BCUT2D eigenvalue weighted by atomic mass is 32.1. The van der Waals surface area contributed by atoms with E-state index in [0.717, 1.165) is 39.6 Å². The number of nitrogens with one attached hydrogen (secondary N) is 2. The smallest absolute Gasteiger partial charge is 0.239 e. The van der Waals surface area contributed by atoms with Crippen LogP contribution >= 0.6 is 11.3 Å². The summed E-state index contributed by atoms with van der Waals surface area (Å²) >= 11 is 1.65. The number of H-pyrrole nitrogens is 1. The van der Waals surface area contributed by atoms with Crippen molar-refractivity contribution in [2.45, 2.75) is 33.7 Å². The third-order valence-electron chi connectivity index (χ3n) is 5.16. The van der Waals surface area contributed by atoms with Crippen LogP contribution in [0, 0.1) is 20.8 Å². The molecule has 0 aliphatic rings. The number of para-hydroxylation sites is 1. The van der Waals surface area contributed by atoms with Crippen molar-refractivity contribution >= 4 is 28.1 Å². The molecule has 144 valence electrons. The molecule has 0 unspecified atom stereocenters.